The van der Waals surface area contributed by atoms with Crippen molar-refractivity contribution in [1.29, 1.82) is 0 Å². The van der Waals surface area contributed by atoms with E-state index in [1.165, 1.54) is 11.8 Å². The van der Waals surface area contributed by atoms with Crippen molar-refractivity contribution in [2.24, 2.45) is 5.41 Å². The molecule has 0 radical (unpaired) electrons. The molecule has 3 amide bonds. The Hall–Kier alpha value is -1.79. The highest BCUT2D eigenvalue weighted by Gasteiger charge is 2.41. The fourth-order valence-corrected chi connectivity index (χ4v) is 1.96. The van der Waals surface area contributed by atoms with Crippen LogP contribution in [0.1, 0.15) is 20.3 Å². The zero-order valence-corrected chi connectivity index (χ0v) is 10.8. The first-order valence-electron chi connectivity index (χ1n) is 5.80. The zero-order valence-electron chi connectivity index (χ0n) is 10.8. The number of carbonyl (C=O) groups is 3. The molecule has 1 saturated heterocycles. The summed E-state index contributed by atoms with van der Waals surface area (Å²) in [6.07, 6.45) is 0.571. The molecule has 0 saturated carbocycles. The molecule has 0 aliphatic carbocycles. The van der Waals surface area contributed by atoms with Crippen LogP contribution < -0.4 is 10.6 Å². The van der Waals surface area contributed by atoms with Gasteiger partial charge in [-0.3, -0.25) is 9.59 Å². The third-order valence-electron chi connectivity index (χ3n) is 3.25. The topological polar surface area (TPSA) is 98.7 Å². The summed E-state index contributed by atoms with van der Waals surface area (Å²) in [5, 5.41) is 13.7. The normalized spacial score (nSPS) is 24.5. The van der Waals surface area contributed by atoms with Crippen LogP contribution in [0.15, 0.2) is 0 Å². The number of carboxylic acids is 1. The number of hydrogen-bond donors (Lipinski definition) is 3. The maximum absolute atomic E-state index is 11.8. The number of amides is 3. The quantitative estimate of drug-likeness (QED) is 0.642. The number of aliphatic carboxylic acids is 1. The average molecular weight is 257 g/mol. The Morgan fingerprint density at radius 1 is 1.39 bits per heavy atom. The van der Waals surface area contributed by atoms with Crippen molar-refractivity contribution in [1.82, 2.24) is 15.5 Å². The van der Waals surface area contributed by atoms with Gasteiger partial charge < -0.3 is 20.6 Å². The van der Waals surface area contributed by atoms with Gasteiger partial charge in [0.15, 0.2) is 0 Å². The summed E-state index contributed by atoms with van der Waals surface area (Å²) in [5.74, 6) is -1.19. The lowest BCUT2D eigenvalue weighted by molar-refractivity contribution is -0.138. The lowest BCUT2D eigenvalue weighted by Crippen LogP contribution is -2.47. The minimum Gasteiger partial charge on any atom is -0.480 e. The molecule has 1 fully saturated rings. The second kappa shape index (κ2) is 5.24. The first-order valence-corrected chi connectivity index (χ1v) is 5.80. The molecule has 0 bridgehead atoms. The van der Waals surface area contributed by atoms with Gasteiger partial charge in [-0.2, -0.15) is 0 Å². The van der Waals surface area contributed by atoms with Crippen molar-refractivity contribution in [2.45, 2.75) is 26.3 Å². The van der Waals surface area contributed by atoms with Crippen LogP contribution in [0.2, 0.25) is 0 Å². The number of hydrogen-bond acceptors (Lipinski definition) is 3. The molecule has 7 heteroatoms. The minimum absolute atomic E-state index is 0.107. The van der Waals surface area contributed by atoms with Crippen LogP contribution >= 0.6 is 0 Å². The highest BCUT2D eigenvalue weighted by Crippen LogP contribution is 2.29. The molecule has 1 heterocycles. The molecule has 2 atom stereocenters. The van der Waals surface area contributed by atoms with Crippen LogP contribution in [-0.2, 0) is 9.59 Å². The smallest absolute Gasteiger partial charge is 0.325 e. The van der Waals surface area contributed by atoms with Crippen LogP contribution in [-0.4, -0.2) is 54.1 Å². The van der Waals surface area contributed by atoms with Gasteiger partial charge >= 0.3 is 12.0 Å². The van der Waals surface area contributed by atoms with E-state index in [0.717, 1.165) is 0 Å². The van der Waals surface area contributed by atoms with Gasteiger partial charge in [0.2, 0.25) is 5.91 Å². The summed E-state index contributed by atoms with van der Waals surface area (Å²) in [5.41, 5.74) is -0.599. The summed E-state index contributed by atoms with van der Waals surface area (Å²) in [6, 6.07) is -1.39. The predicted molar refractivity (Wildman–Crippen MR) is 64.0 cm³/mol. The van der Waals surface area contributed by atoms with Crippen molar-refractivity contribution < 1.29 is 19.5 Å². The second-order valence-corrected chi connectivity index (χ2v) is 4.82. The molecular weight excluding hydrogens is 238 g/mol. The first kappa shape index (κ1) is 14.3. The fraction of sp³-hybridized carbons (Fsp3) is 0.727. The van der Waals surface area contributed by atoms with E-state index >= 15 is 0 Å². The lowest BCUT2D eigenvalue weighted by atomic mass is 9.89. The van der Waals surface area contributed by atoms with Gasteiger partial charge in [0.1, 0.15) is 6.04 Å². The summed E-state index contributed by atoms with van der Waals surface area (Å²) in [4.78, 5) is 35.6. The molecule has 3 N–H and O–H groups in total. The second-order valence-electron chi connectivity index (χ2n) is 4.82. The summed E-state index contributed by atoms with van der Waals surface area (Å²) in [7, 11) is 1.56. The van der Waals surface area contributed by atoms with Gasteiger partial charge in [-0.05, 0) is 20.3 Å². The number of rotatable bonds is 3. The number of carbonyl (C=O) groups excluding carboxylic acids is 2. The largest absolute Gasteiger partial charge is 0.480 e. The SMILES string of the molecule is CNC(=O)C1(C)CCN(C(=O)NC(C)C(=O)O)C1. The molecule has 1 rings (SSSR count). The van der Waals surface area contributed by atoms with E-state index in [2.05, 4.69) is 10.6 Å². The zero-order chi connectivity index (χ0) is 13.9. The Kier molecular flexibility index (Phi) is 4.15. The monoisotopic (exact) mass is 257 g/mol. The molecule has 0 aromatic heterocycles. The van der Waals surface area contributed by atoms with E-state index in [1.807, 2.05) is 0 Å². The number of urea groups is 1. The molecule has 7 nitrogen and oxygen atoms in total. The van der Waals surface area contributed by atoms with Gasteiger partial charge in [0, 0.05) is 20.1 Å². The Balaban J connectivity index is 2.59. The van der Waals surface area contributed by atoms with Crippen LogP contribution in [0.4, 0.5) is 4.79 Å². The molecule has 1 aliphatic heterocycles. The van der Waals surface area contributed by atoms with Gasteiger partial charge in [-0.15, -0.1) is 0 Å². The molecule has 2 unspecified atom stereocenters. The highest BCUT2D eigenvalue weighted by atomic mass is 16.4. The average Bonchev–Trinajstić information content (AvgIpc) is 2.72. The Morgan fingerprint density at radius 3 is 2.50 bits per heavy atom. The highest BCUT2D eigenvalue weighted by molar-refractivity contribution is 5.86. The minimum atomic E-state index is -1.09. The molecule has 102 valence electrons. The molecule has 0 aromatic rings. The summed E-state index contributed by atoms with van der Waals surface area (Å²) >= 11 is 0. The van der Waals surface area contributed by atoms with Gasteiger partial charge in [0.25, 0.3) is 0 Å². The van der Waals surface area contributed by atoms with Crippen LogP contribution in [0.25, 0.3) is 0 Å². The third kappa shape index (κ3) is 2.91. The van der Waals surface area contributed by atoms with Crippen molar-refractivity contribution in [3.8, 4) is 0 Å². The van der Waals surface area contributed by atoms with Crippen molar-refractivity contribution in [3.63, 3.8) is 0 Å². The van der Waals surface area contributed by atoms with Crippen LogP contribution in [0.5, 0.6) is 0 Å². The summed E-state index contributed by atoms with van der Waals surface area (Å²) < 4.78 is 0. The standard InChI is InChI=1S/C11H19N3O4/c1-7(8(15)16)13-10(18)14-5-4-11(2,6-14)9(17)12-3/h7H,4-6H2,1-3H3,(H,12,17)(H,13,18)(H,15,16). The van der Waals surface area contributed by atoms with Crippen LogP contribution in [0.3, 0.4) is 0 Å². The van der Waals surface area contributed by atoms with E-state index in [9.17, 15) is 14.4 Å². The molecular formula is C11H19N3O4. The van der Waals surface area contributed by atoms with Crippen molar-refractivity contribution >= 4 is 17.9 Å². The van der Waals surface area contributed by atoms with Crippen molar-refractivity contribution in [2.75, 3.05) is 20.1 Å². The van der Waals surface area contributed by atoms with Gasteiger partial charge in [0.05, 0.1) is 5.41 Å². The fourth-order valence-electron chi connectivity index (χ4n) is 1.96. The molecule has 18 heavy (non-hydrogen) atoms. The van der Waals surface area contributed by atoms with Gasteiger partial charge in [-0.1, -0.05) is 0 Å². The molecule has 0 aromatic carbocycles. The van der Waals surface area contributed by atoms with E-state index in [1.54, 1.807) is 14.0 Å². The van der Waals surface area contributed by atoms with E-state index < -0.39 is 23.5 Å². The maximum Gasteiger partial charge on any atom is 0.325 e. The number of carboxylic acid groups (broad SMARTS) is 1. The van der Waals surface area contributed by atoms with E-state index in [0.29, 0.717) is 19.5 Å². The Labute approximate surface area is 106 Å². The third-order valence-corrected chi connectivity index (χ3v) is 3.25. The Bertz CT molecular complexity index is 371. The Morgan fingerprint density at radius 2 is 2.00 bits per heavy atom. The van der Waals surface area contributed by atoms with E-state index in [-0.39, 0.29) is 5.91 Å². The predicted octanol–water partition coefficient (Wildman–Crippen LogP) is -0.373. The molecule has 0 spiro atoms. The lowest BCUT2D eigenvalue weighted by Gasteiger charge is -2.23. The number of likely N-dealkylation sites (tertiary alicyclic amines) is 1. The maximum atomic E-state index is 11.8. The number of nitrogens with one attached hydrogen (secondary N) is 2. The first-order chi connectivity index (χ1) is 8.30. The summed E-state index contributed by atoms with van der Waals surface area (Å²) in [6.45, 7) is 3.93. The molecule has 1 aliphatic rings. The number of nitrogens with zero attached hydrogens (tertiary/aromatic N) is 1. The van der Waals surface area contributed by atoms with Crippen LogP contribution in [0, 0.1) is 5.41 Å². The van der Waals surface area contributed by atoms with E-state index in [4.69, 9.17) is 5.11 Å². The van der Waals surface area contributed by atoms with Crippen molar-refractivity contribution in [3.05, 3.63) is 0 Å². The van der Waals surface area contributed by atoms with Gasteiger partial charge in [-0.25, -0.2) is 4.79 Å².